The maximum Gasteiger partial charge on any atom is 0.319 e. The first-order valence-electron chi connectivity index (χ1n) is 7.79. The van der Waals surface area contributed by atoms with Crippen molar-refractivity contribution in [2.45, 2.75) is 38.5 Å². The van der Waals surface area contributed by atoms with Gasteiger partial charge in [0.05, 0.1) is 5.69 Å². The summed E-state index contributed by atoms with van der Waals surface area (Å²) in [6.07, 6.45) is 1.70. The van der Waals surface area contributed by atoms with Gasteiger partial charge in [-0.1, -0.05) is 12.1 Å². The summed E-state index contributed by atoms with van der Waals surface area (Å²) in [6.45, 7) is 6.58. The standard InChI is InChI=1S/C17H23N3O2S/c1-4-23-15-9-7-14(8-10-15)19-17(21)18-11-5-6-16-12(2)20-22-13(16)3/h7-10H,4-6,11H2,1-3H3,(H2,18,19,21). The highest BCUT2D eigenvalue weighted by Gasteiger charge is 2.08. The second kappa shape index (κ2) is 8.62. The SMILES string of the molecule is CCSc1ccc(NC(=O)NCCCc2c(C)noc2C)cc1. The summed E-state index contributed by atoms with van der Waals surface area (Å²) >= 11 is 1.78. The Bertz CT molecular complexity index is 618. The summed E-state index contributed by atoms with van der Waals surface area (Å²) < 4.78 is 5.13. The Balaban J connectivity index is 1.70. The van der Waals surface area contributed by atoms with Crippen LogP contribution < -0.4 is 10.6 Å². The van der Waals surface area contributed by atoms with E-state index in [1.54, 1.807) is 11.8 Å². The van der Waals surface area contributed by atoms with Gasteiger partial charge in [-0.2, -0.15) is 0 Å². The molecular weight excluding hydrogens is 310 g/mol. The summed E-state index contributed by atoms with van der Waals surface area (Å²) in [5.41, 5.74) is 2.86. The van der Waals surface area contributed by atoms with E-state index in [1.165, 1.54) is 4.90 Å². The third kappa shape index (κ3) is 5.32. The lowest BCUT2D eigenvalue weighted by Gasteiger charge is -2.08. The Morgan fingerprint density at radius 1 is 1.26 bits per heavy atom. The first-order chi connectivity index (χ1) is 11.1. The van der Waals surface area contributed by atoms with Crippen LogP contribution in [-0.2, 0) is 6.42 Å². The number of amides is 2. The van der Waals surface area contributed by atoms with Crippen LogP contribution in [0.1, 0.15) is 30.4 Å². The largest absolute Gasteiger partial charge is 0.361 e. The fraction of sp³-hybridized carbons (Fsp3) is 0.412. The predicted octanol–water partition coefficient (Wildman–Crippen LogP) is 4.16. The number of benzene rings is 1. The summed E-state index contributed by atoms with van der Waals surface area (Å²) in [5.74, 6) is 1.90. The minimum Gasteiger partial charge on any atom is -0.361 e. The first-order valence-corrected chi connectivity index (χ1v) is 8.78. The Kier molecular flexibility index (Phi) is 6.52. The maximum absolute atomic E-state index is 11.9. The Labute approximate surface area is 141 Å². The summed E-state index contributed by atoms with van der Waals surface area (Å²) in [5, 5.41) is 9.63. The molecule has 2 rings (SSSR count). The third-order valence-electron chi connectivity index (χ3n) is 3.49. The van der Waals surface area contributed by atoms with Crippen molar-refractivity contribution in [1.29, 1.82) is 0 Å². The molecule has 5 nitrogen and oxygen atoms in total. The molecule has 2 amide bonds. The number of urea groups is 1. The molecule has 2 N–H and O–H groups in total. The van der Waals surface area contributed by atoms with Crippen LogP contribution in [-0.4, -0.2) is 23.5 Å². The van der Waals surface area contributed by atoms with E-state index in [1.807, 2.05) is 38.1 Å². The van der Waals surface area contributed by atoms with Gasteiger partial charge >= 0.3 is 6.03 Å². The number of thioether (sulfide) groups is 1. The van der Waals surface area contributed by atoms with Gasteiger partial charge in [-0.15, -0.1) is 11.8 Å². The van der Waals surface area contributed by atoms with Crippen molar-refractivity contribution in [3.8, 4) is 0 Å². The number of rotatable bonds is 7. The zero-order valence-electron chi connectivity index (χ0n) is 13.8. The third-order valence-corrected chi connectivity index (χ3v) is 4.39. The van der Waals surface area contributed by atoms with Crippen LogP contribution in [0, 0.1) is 13.8 Å². The molecule has 0 aliphatic heterocycles. The molecule has 6 heteroatoms. The van der Waals surface area contributed by atoms with Crippen LogP contribution in [0.2, 0.25) is 0 Å². The molecule has 1 heterocycles. The average Bonchev–Trinajstić information content (AvgIpc) is 2.85. The van der Waals surface area contributed by atoms with Crippen molar-refractivity contribution in [3.63, 3.8) is 0 Å². The highest BCUT2D eigenvalue weighted by molar-refractivity contribution is 7.99. The number of aromatic nitrogens is 1. The van der Waals surface area contributed by atoms with Gasteiger partial charge in [-0.3, -0.25) is 0 Å². The monoisotopic (exact) mass is 333 g/mol. The van der Waals surface area contributed by atoms with Gasteiger partial charge in [-0.05, 0) is 56.7 Å². The van der Waals surface area contributed by atoms with E-state index in [0.717, 1.165) is 41.3 Å². The molecule has 124 valence electrons. The fourth-order valence-corrected chi connectivity index (χ4v) is 2.96. The van der Waals surface area contributed by atoms with Crippen molar-refractivity contribution in [1.82, 2.24) is 10.5 Å². The van der Waals surface area contributed by atoms with Crippen LogP contribution in [0.15, 0.2) is 33.7 Å². The molecule has 0 saturated carbocycles. The molecule has 2 aromatic rings. The summed E-state index contributed by atoms with van der Waals surface area (Å²) in [7, 11) is 0. The predicted molar refractivity (Wildman–Crippen MR) is 94.2 cm³/mol. The van der Waals surface area contributed by atoms with E-state index in [9.17, 15) is 4.79 Å². The highest BCUT2D eigenvalue weighted by atomic mass is 32.2. The summed E-state index contributed by atoms with van der Waals surface area (Å²) in [4.78, 5) is 13.1. The number of nitrogens with zero attached hydrogens (tertiary/aromatic N) is 1. The smallest absolute Gasteiger partial charge is 0.319 e. The zero-order valence-corrected chi connectivity index (χ0v) is 14.6. The van der Waals surface area contributed by atoms with Crippen LogP contribution in [0.3, 0.4) is 0 Å². The summed E-state index contributed by atoms with van der Waals surface area (Å²) in [6, 6.07) is 7.69. The van der Waals surface area contributed by atoms with Crippen molar-refractivity contribution < 1.29 is 9.32 Å². The van der Waals surface area contributed by atoms with Crippen molar-refractivity contribution in [3.05, 3.63) is 41.3 Å². The van der Waals surface area contributed by atoms with Gasteiger partial charge in [-0.25, -0.2) is 4.79 Å². The van der Waals surface area contributed by atoms with Gasteiger partial charge in [0.1, 0.15) is 5.76 Å². The molecule has 1 aromatic heterocycles. The number of nitrogens with one attached hydrogen (secondary N) is 2. The van der Waals surface area contributed by atoms with Gasteiger partial charge in [0.2, 0.25) is 0 Å². The van der Waals surface area contributed by atoms with E-state index in [4.69, 9.17) is 4.52 Å². The second-order valence-corrected chi connectivity index (χ2v) is 6.58. The Hall–Kier alpha value is -1.95. The van der Waals surface area contributed by atoms with E-state index < -0.39 is 0 Å². The molecule has 0 aliphatic rings. The van der Waals surface area contributed by atoms with Gasteiger partial charge in [0, 0.05) is 22.7 Å². The number of hydrogen-bond acceptors (Lipinski definition) is 4. The van der Waals surface area contributed by atoms with E-state index in [0.29, 0.717) is 6.54 Å². The second-order valence-electron chi connectivity index (χ2n) is 5.24. The van der Waals surface area contributed by atoms with Crippen molar-refractivity contribution in [2.24, 2.45) is 0 Å². The molecule has 0 radical (unpaired) electrons. The molecule has 0 bridgehead atoms. The molecule has 0 unspecified atom stereocenters. The lowest BCUT2D eigenvalue weighted by atomic mass is 10.1. The van der Waals surface area contributed by atoms with E-state index >= 15 is 0 Å². The van der Waals surface area contributed by atoms with Crippen molar-refractivity contribution in [2.75, 3.05) is 17.6 Å². The number of hydrogen-bond donors (Lipinski definition) is 2. The van der Waals surface area contributed by atoms with Crippen LogP contribution >= 0.6 is 11.8 Å². The fourth-order valence-electron chi connectivity index (χ4n) is 2.30. The lowest BCUT2D eigenvalue weighted by molar-refractivity contribution is 0.252. The van der Waals surface area contributed by atoms with Crippen LogP contribution in [0.4, 0.5) is 10.5 Å². The Morgan fingerprint density at radius 2 is 2.00 bits per heavy atom. The lowest BCUT2D eigenvalue weighted by Crippen LogP contribution is -2.29. The molecular formula is C17H23N3O2S. The quantitative estimate of drug-likeness (QED) is 0.590. The number of carbonyl (C=O) groups excluding carboxylic acids is 1. The molecule has 1 aromatic carbocycles. The van der Waals surface area contributed by atoms with E-state index in [2.05, 4.69) is 22.7 Å². The number of carbonyl (C=O) groups is 1. The number of aryl methyl sites for hydroxylation is 2. The highest BCUT2D eigenvalue weighted by Crippen LogP contribution is 2.19. The van der Waals surface area contributed by atoms with Gasteiger partial charge < -0.3 is 15.2 Å². The molecule has 0 spiro atoms. The van der Waals surface area contributed by atoms with E-state index in [-0.39, 0.29) is 6.03 Å². The average molecular weight is 333 g/mol. The maximum atomic E-state index is 11.9. The molecule has 0 aliphatic carbocycles. The zero-order chi connectivity index (χ0) is 16.7. The van der Waals surface area contributed by atoms with Crippen LogP contribution in [0.5, 0.6) is 0 Å². The minimum absolute atomic E-state index is 0.181. The van der Waals surface area contributed by atoms with Gasteiger partial charge in [0.25, 0.3) is 0 Å². The minimum atomic E-state index is -0.181. The number of anilines is 1. The molecule has 0 saturated heterocycles. The molecule has 0 fully saturated rings. The van der Waals surface area contributed by atoms with Crippen molar-refractivity contribution >= 4 is 23.5 Å². The van der Waals surface area contributed by atoms with Crippen LogP contribution in [0.25, 0.3) is 0 Å². The Morgan fingerprint density at radius 3 is 2.61 bits per heavy atom. The topological polar surface area (TPSA) is 67.2 Å². The molecule has 23 heavy (non-hydrogen) atoms. The molecule has 0 atom stereocenters. The normalized spacial score (nSPS) is 10.6. The van der Waals surface area contributed by atoms with Gasteiger partial charge in [0.15, 0.2) is 0 Å². The first kappa shape index (κ1) is 17.4.